The molecular formula is C19H25N5O2. The number of amides is 3. The molecule has 0 saturated carbocycles. The van der Waals surface area contributed by atoms with Crippen molar-refractivity contribution in [3.63, 3.8) is 0 Å². The minimum absolute atomic E-state index is 0.0599. The number of urea groups is 1. The topological polar surface area (TPSA) is 90.1 Å². The molecule has 7 nitrogen and oxygen atoms in total. The minimum Gasteiger partial charge on any atom is -0.349 e. The molecule has 2 atom stereocenters. The maximum atomic E-state index is 12.6. The van der Waals surface area contributed by atoms with E-state index in [1.807, 2.05) is 36.1 Å². The van der Waals surface area contributed by atoms with E-state index in [1.54, 1.807) is 0 Å². The van der Waals surface area contributed by atoms with Crippen LogP contribution in [0.2, 0.25) is 0 Å². The van der Waals surface area contributed by atoms with Gasteiger partial charge in [-0.25, -0.2) is 9.78 Å². The van der Waals surface area contributed by atoms with Crippen LogP contribution in [0.3, 0.4) is 0 Å². The van der Waals surface area contributed by atoms with Gasteiger partial charge in [-0.2, -0.15) is 0 Å². The van der Waals surface area contributed by atoms with E-state index in [1.165, 1.54) is 0 Å². The highest BCUT2D eigenvalue weighted by molar-refractivity contribution is 5.80. The summed E-state index contributed by atoms with van der Waals surface area (Å²) in [5.41, 5.74) is 1.67. The first kappa shape index (κ1) is 16.9. The highest BCUT2D eigenvalue weighted by Gasteiger charge is 2.34. The van der Waals surface area contributed by atoms with Crippen LogP contribution in [0, 0.1) is 0 Å². The number of fused-ring (bicyclic) bond motifs is 1. The maximum absolute atomic E-state index is 12.6. The van der Waals surface area contributed by atoms with Crippen molar-refractivity contribution >= 4 is 23.0 Å². The zero-order valence-electron chi connectivity index (χ0n) is 15.0. The largest absolute Gasteiger partial charge is 0.349 e. The molecule has 3 heterocycles. The number of nitrogens with one attached hydrogen (secondary N) is 3. The van der Waals surface area contributed by atoms with Crippen LogP contribution >= 0.6 is 0 Å². The summed E-state index contributed by atoms with van der Waals surface area (Å²) in [6.45, 7) is 3.86. The summed E-state index contributed by atoms with van der Waals surface area (Å²) in [4.78, 5) is 34.0. The predicted molar refractivity (Wildman–Crippen MR) is 98.8 cm³/mol. The van der Waals surface area contributed by atoms with Crippen molar-refractivity contribution < 1.29 is 9.59 Å². The molecule has 2 aliphatic heterocycles. The average molecular weight is 355 g/mol. The second-order valence-electron chi connectivity index (χ2n) is 7.69. The van der Waals surface area contributed by atoms with E-state index in [-0.39, 0.29) is 23.4 Å². The molecule has 0 spiro atoms. The van der Waals surface area contributed by atoms with Crippen molar-refractivity contribution in [1.29, 1.82) is 0 Å². The lowest BCUT2D eigenvalue weighted by molar-refractivity contribution is -0.119. The average Bonchev–Trinajstić information content (AvgIpc) is 3.23. The number of para-hydroxylation sites is 2. The highest BCUT2D eigenvalue weighted by Crippen LogP contribution is 2.27. The fraction of sp³-hybridized carbons (Fsp3) is 0.526. The fourth-order valence-electron chi connectivity index (χ4n) is 3.92. The Morgan fingerprint density at radius 3 is 3.04 bits per heavy atom. The van der Waals surface area contributed by atoms with E-state index < -0.39 is 0 Å². The number of hydrogen-bond donors (Lipinski definition) is 3. The Kier molecular flexibility index (Phi) is 4.30. The Balaban J connectivity index is 1.38. The number of imidazole rings is 1. The molecule has 1 aromatic heterocycles. The number of hydrogen-bond acceptors (Lipinski definition) is 3. The molecule has 4 rings (SSSR count). The predicted octanol–water partition coefficient (Wildman–Crippen LogP) is 2.12. The second kappa shape index (κ2) is 6.63. The van der Waals surface area contributed by atoms with E-state index >= 15 is 0 Å². The number of likely N-dealkylation sites (tertiary alicyclic amines) is 1. The van der Waals surface area contributed by atoms with Gasteiger partial charge in [-0.3, -0.25) is 4.79 Å². The summed E-state index contributed by atoms with van der Waals surface area (Å²) in [5, 5.41) is 5.95. The number of benzene rings is 1. The Hall–Kier alpha value is -2.57. The van der Waals surface area contributed by atoms with Gasteiger partial charge in [-0.15, -0.1) is 0 Å². The summed E-state index contributed by atoms with van der Waals surface area (Å²) < 4.78 is 0. The van der Waals surface area contributed by atoms with Crippen LogP contribution in [0.15, 0.2) is 24.3 Å². The number of carbonyl (C=O) groups is 2. The molecule has 7 heteroatoms. The molecule has 2 saturated heterocycles. The van der Waals surface area contributed by atoms with Crippen molar-refractivity contribution in [2.24, 2.45) is 0 Å². The lowest BCUT2D eigenvalue weighted by atomic mass is 9.97. The van der Waals surface area contributed by atoms with Crippen LogP contribution in [0.5, 0.6) is 0 Å². The zero-order chi connectivity index (χ0) is 18.1. The van der Waals surface area contributed by atoms with Crippen molar-refractivity contribution in [2.75, 3.05) is 19.6 Å². The summed E-state index contributed by atoms with van der Waals surface area (Å²) in [6, 6.07) is 7.94. The van der Waals surface area contributed by atoms with Crippen LogP contribution < -0.4 is 10.6 Å². The first-order valence-corrected chi connectivity index (χ1v) is 9.31. The van der Waals surface area contributed by atoms with Gasteiger partial charge in [-0.05, 0) is 38.3 Å². The molecule has 2 aromatic rings. The zero-order valence-corrected chi connectivity index (χ0v) is 15.0. The van der Waals surface area contributed by atoms with Crippen molar-refractivity contribution in [2.45, 2.75) is 44.1 Å². The van der Waals surface area contributed by atoms with Crippen molar-refractivity contribution in [3.05, 3.63) is 30.1 Å². The Morgan fingerprint density at radius 1 is 1.42 bits per heavy atom. The van der Waals surface area contributed by atoms with E-state index in [4.69, 9.17) is 4.98 Å². The lowest BCUT2D eigenvalue weighted by Gasteiger charge is -2.33. The molecule has 138 valence electrons. The molecule has 3 N–H and O–H groups in total. The molecule has 2 unspecified atom stereocenters. The van der Waals surface area contributed by atoms with Crippen LogP contribution in [0.4, 0.5) is 4.79 Å². The molecule has 2 fully saturated rings. The van der Waals surface area contributed by atoms with Gasteiger partial charge in [0.1, 0.15) is 5.82 Å². The molecule has 26 heavy (non-hydrogen) atoms. The number of H-pyrrole nitrogens is 1. The standard InChI is InChI=1S/C19H25N5O2/c1-19(9-8-16(25)23-19)12-20-18(26)24-10-4-5-13(11-24)17-21-14-6-2-3-7-15(14)22-17/h2-3,6-7,13H,4-5,8-12H2,1H3,(H,20,26)(H,21,22)(H,23,25). The van der Waals surface area contributed by atoms with Gasteiger partial charge in [0.05, 0.1) is 16.6 Å². The molecule has 0 radical (unpaired) electrons. The van der Waals surface area contributed by atoms with Gasteiger partial charge in [0.25, 0.3) is 0 Å². The lowest BCUT2D eigenvalue weighted by Crippen LogP contribution is -2.52. The summed E-state index contributed by atoms with van der Waals surface area (Å²) in [6.07, 6.45) is 3.28. The van der Waals surface area contributed by atoms with E-state index in [0.717, 1.165) is 42.7 Å². The molecule has 0 bridgehead atoms. The normalized spacial score (nSPS) is 26.1. The number of aromatic nitrogens is 2. The monoisotopic (exact) mass is 355 g/mol. The third-order valence-electron chi connectivity index (χ3n) is 5.48. The first-order valence-electron chi connectivity index (χ1n) is 9.31. The second-order valence-corrected chi connectivity index (χ2v) is 7.69. The number of nitrogens with zero attached hydrogens (tertiary/aromatic N) is 2. The first-order chi connectivity index (χ1) is 12.5. The number of aromatic amines is 1. The highest BCUT2D eigenvalue weighted by atomic mass is 16.2. The van der Waals surface area contributed by atoms with Gasteiger partial charge >= 0.3 is 6.03 Å². The SMILES string of the molecule is CC1(CNC(=O)N2CCCC(c3nc4ccccc4[nH]3)C2)CCC(=O)N1. The van der Waals surface area contributed by atoms with Crippen molar-refractivity contribution in [3.8, 4) is 0 Å². The maximum Gasteiger partial charge on any atom is 0.317 e. The van der Waals surface area contributed by atoms with Crippen LogP contribution in [-0.4, -0.2) is 52.0 Å². The van der Waals surface area contributed by atoms with E-state index in [0.29, 0.717) is 19.5 Å². The molecular weight excluding hydrogens is 330 g/mol. The van der Waals surface area contributed by atoms with Gasteiger partial charge < -0.3 is 20.5 Å². The third-order valence-corrected chi connectivity index (χ3v) is 5.48. The van der Waals surface area contributed by atoms with E-state index in [2.05, 4.69) is 15.6 Å². The molecule has 0 aliphatic carbocycles. The quantitative estimate of drug-likeness (QED) is 0.788. The summed E-state index contributed by atoms with van der Waals surface area (Å²) >= 11 is 0. The van der Waals surface area contributed by atoms with E-state index in [9.17, 15) is 9.59 Å². The Bertz CT molecular complexity index is 799. The van der Waals surface area contributed by atoms with Crippen molar-refractivity contribution in [1.82, 2.24) is 25.5 Å². The number of piperidine rings is 1. The fourth-order valence-corrected chi connectivity index (χ4v) is 3.92. The Morgan fingerprint density at radius 2 is 2.27 bits per heavy atom. The van der Waals surface area contributed by atoms with Gasteiger partial charge in [0, 0.05) is 32.0 Å². The molecule has 2 aliphatic rings. The number of carbonyl (C=O) groups excluding carboxylic acids is 2. The molecule has 1 aromatic carbocycles. The van der Waals surface area contributed by atoms with Crippen LogP contribution in [0.1, 0.15) is 44.3 Å². The van der Waals surface area contributed by atoms with Gasteiger partial charge in [-0.1, -0.05) is 12.1 Å². The van der Waals surface area contributed by atoms with Gasteiger partial charge in [0.15, 0.2) is 0 Å². The summed E-state index contributed by atoms with van der Waals surface area (Å²) in [5.74, 6) is 1.24. The summed E-state index contributed by atoms with van der Waals surface area (Å²) in [7, 11) is 0. The van der Waals surface area contributed by atoms with Gasteiger partial charge in [0.2, 0.25) is 5.91 Å². The minimum atomic E-state index is -0.333. The van der Waals surface area contributed by atoms with Crippen LogP contribution in [-0.2, 0) is 4.79 Å². The third kappa shape index (κ3) is 3.38. The Labute approximate surface area is 152 Å². The molecule has 3 amide bonds. The number of rotatable bonds is 3. The van der Waals surface area contributed by atoms with Crippen LogP contribution in [0.25, 0.3) is 11.0 Å². The smallest absolute Gasteiger partial charge is 0.317 e.